The van der Waals surface area contributed by atoms with Gasteiger partial charge >= 0.3 is 0 Å². The first-order chi connectivity index (χ1) is 8.91. The maximum absolute atomic E-state index is 11.7. The molecule has 1 aliphatic rings. The van der Waals surface area contributed by atoms with E-state index in [9.17, 15) is 8.42 Å². The molecule has 0 aromatic heterocycles. The molecule has 0 aliphatic carbocycles. The first-order valence-corrected chi connectivity index (χ1v) is 8.19. The van der Waals surface area contributed by atoms with Gasteiger partial charge in [0.15, 0.2) is 0 Å². The van der Waals surface area contributed by atoms with Crippen LogP contribution in [-0.4, -0.2) is 25.6 Å². The van der Waals surface area contributed by atoms with Crippen LogP contribution in [0.2, 0.25) is 0 Å². The molecule has 4 nitrogen and oxygen atoms in total. The van der Waals surface area contributed by atoms with Crippen molar-refractivity contribution in [2.24, 2.45) is 0 Å². The van der Waals surface area contributed by atoms with Gasteiger partial charge in [-0.1, -0.05) is 26.0 Å². The van der Waals surface area contributed by atoms with Crippen molar-refractivity contribution in [1.82, 2.24) is 4.90 Å². The average Bonchev–Trinajstić information content (AvgIpc) is 2.71. The van der Waals surface area contributed by atoms with Crippen LogP contribution in [0.3, 0.4) is 0 Å². The van der Waals surface area contributed by atoms with Gasteiger partial charge in [-0.3, -0.25) is 9.62 Å². The minimum absolute atomic E-state index is 0.0994. The van der Waals surface area contributed by atoms with Crippen molar-refractivity contribution in [3.8, 4) is 0 Å². The second kappa shape index (κ2) is 5.51. The molecule has 105 valence electrons. The van der Waals surface area contributed by atoms with Crippen LogP contribution in [0.1, 0.15) is 31.9 Å². The maximum Gasteiger partial charge on any atom is 0.232 e. The minimum Gasteiger partial charge on any atom is -0.294 e. The molecule has 0 fully saturated rings. The second-order valence-corrected chi connectivity index (χ2v) is 7.31. The molecular weight excluding hydrogens is 260 g/mol. The minimum atomic E-state index is -3.21. The monoisotopic (exact) mass is 281 g/mol. The summed E-state index contributed by atoms with van der Waals surface area (Å²) in [5.41, 5.74) is 3.06. The van der Waals surface area contributed by atoms with Gasteiger partial charge in [0.05, 0.1) is 11.4 Å². The summed E-state index contributed by atoms with van der Waals surface area (Å²) in [6, 6.07) is 5.83. The van der Waals surface area contributed by atoms with Crippen LogP contribution in [-0.2, 0) is 23.1 Å². The van der Waals surface area contributed by atoms with Gasteiger partial charge in [0.2, 0.25) is 10.0 Å². The smallest absolute Gasteiger partial charge is 0.232 e. The zero-order valence-corrected chi connectivity index (χ0v) is 12.5. The Morgan fingerprint density at radius 1 is 1.32 bits per heavy atom. The molecule has 1 aliphatic heterocycles. The summed E-state index contributed by atoms with van der Waals surface area (Å²) in [5, 5.41) is 0. The highest BCUT2D eigenvalue weighted by molar-refractivity contribution is 7.92. The summed E-state index contributed by atoms with van der Waals surface area (Å²) < 4.78 is 26.1. The summed E-state index contributed by atoms with van der Waals surface area (Å²) in [6.07, 6.45) is 0. The third-order valence-electron chi connectivity index (χ3n) is 3.23. The van der Waals surface area contributed by atoms with Gasteiger partial charge < -0.3 is 0 Å². The molecule has 1 radical (unpaired) electrons. The lowest BCUT2D eigenvalue weighted by atomic mass is 10.1. The SMILES string of the molecule is CCS(=O)(=O)Nc1cccc2c1CN(C[C](C)C)C2. The number of fused-ring (bicyclic) bond motifs is 1. The van der Waals surface area contributed by atoms with Crippen LogP contribution in [0, 0.1) is 5.92 Å². The van der Waals surface area contributed by atoms with Gasteiger partial charge in [-0.25, -0.2) is 8.42 Å². The number of sulfonamides is 1. The molecule has 0 saturated carbocycles. The number of rotatable bonds is 5. The lowest BCUT2D eigenvalue weighted by Gasteiger charge is -2.17. The van der Waals surface area contributed by atoms with Gasteiger partial charge in [0.25, 0.3) is 0 Å². The number of hydrogen-bond donors (Lipinski definition) is 1. The molecule has 0 amide bonds. The van der Waals surface area contributed by atoms with E-state index in [1.54, 1.807) is 6.92 Å². The number of nitrogens with zero attached hydrogens (tertiary/aromatic N) is 1. The van der Waals surface area contributed by atoms with Crippen molar-refractivity contribution >= 4 is 15.7 Å². The van der Waals surface area contributed by atoms with E-state index in [-0.39, 0.29) is 5.75 Å². The molecule has 2 rings (SSSR count). The summed E-state index contributed by atoms with van der Waals surface area (Å²) in [6.45, 7) is 8.53. The van der Waals surface area contributed by atoms with Crippen LogP contribution in [0.25, 0.3) is 0 Å². The molecule has 5 heteroatoms. The van der Waals surface area contributed by atoms with E-state index in [1.807, 2.05) is 12.1 Å². The van der Waals surface area contributed by atoms with Crippen molar-refractivity contribution < 1.29 is 8.42 Å². The summed E-state index contributed by atoms with van der Waals surface area (Å²) in [5.74, 6) is 1.46. The van der Waals surface area contributed by atoms with Gasteiger partial charge in [-0.05, 0) is 30.0 Å². The fraction of sp³-hybridized carbons (Fsp3) is 0.500. The van der Waals surface area contributed by atoms with E-state index in [0.717, 1.165) is 30.9 Å². The highest BCUT2D eigenvalue weighted by Gasteiger charge is 2.23. The van der Waals surface area contributed by atoms with Crippen molar-refractivity contribution in [3.63, 3.8) is 0 Å². The normalized spacial score (nSPS) is 15.8. The molecule has 1 aromatic carbocycles. The molecule has 0 unspecified atom stereocenters. The molecule has 19 heavy (non-hydrogen) atoms. The van der Waals surface area contributed by atoms with Crippen LogP contribution < -0.4 is 4.72 Å². The fourth-order valence-corrected chi connectivity index (χ4v) is 3.05. The zero-order chi connectivity index (χ0) is 14.0. The second-order valence-electron chi connectivity index (χ2n) is 5.30. The Morgan fingerprint density at radius 2 is 2.05 bits per heavy atom. The third-order valence-corrected chi connectivity index (χ3v) is 4.53. The molecule has 1 N–H and O–H groups in total. The van der Waals surface area contributed by atoms with E-state index < -0.39 is 10.0 Å². The highest BCUT2D eigenvalue weighted by Crippen LogP contribution is 2.30. The third kappa shape index (κ3) is 3.48. The molecule has 1 aromatic rings. The number of anilines is 1. The number of nitrogens with one attached hydrogen (secondary N) is 1. The molecule has 0 saturated heterocycles. The van der Waals surface area contributed by atoms with E-state index in [1.165, 1.54) is 11.5 Å². The van der Waals surface area contributed by atoms with Crippen LogP contribution in [0.5, 0.6) is 0 Å². The van der Waals surface area contributed by atoms with Crippen molar-refractivity contribution in [1.29, 1.82) is 0 Å². The first kappa shape index (κ1) is 14.3. The number of hydrogen-bond acceptors (Lipinski definition) is 3. The van der Waals surface area contributed by atoms with E-state index in [0.29, 0.717) is 0 Å². The Kier molecular flexibility index (Phi) is 4.16. The zero-order valence-electron chi connectivity index (χ0n) is 11.7. The molecular formula is C14H21N2O2S. The first-order valence-electron chi connectivity index (χ1n) is 6.54. The quantitative estimate of drug-likeness (QED) is 0.901. The van der Waals surface area contributed by atoms with Crippen molar-refractivity contribution in [2.45, 2.75) is 33.9 Å². The van der Waals surface area contributed by atoms with E-state index in [4.69, 9.17) is 0 Å². The Labute approximate surface area is 115 Å². The highest BCUT2D eigenvalue weighted by atomic mass is 32.2. The lowest BCUT2D eigenvalue weighted by molar-refractivity contribution is 0.296. The predicted octanol–water partition coefficient (Wildman–Crippen LogP) is 2.38. The largest absolute Gasteiger partial charge is 0.294 e. The summed E-state index contributed by atoms with van der Waals surface area (Å²) in [7, 11) is -3.21. The fourth-order valence-electron chi connectivity index (χ4n) is 2.38. The Morgan fingerprint density at radius 3 is 2.68 bits per heavy atom. The topological polar surface area (TPSA) is 49.4 Å². The van der Waals surface area contributed by atoms with E-state index >= 15 is 0 Å². The maximum atomic E-state index is 11.7. The van der Waals surface area contributed by atoms with Crippen molar-refractivity contribution in [3.05, 3.63) is 35.2 Å². The standard InChI is InChI=1S/C14H21N2O2S/c1-4-19(17,18)15-14-7-5-6-12-9-16(8-11(2)3)10-13(12)14/h5-7,15H,4,8-10H2,1-3H3. The Balaban J connectivity index is 2.21. The Bertz CT molecular complexity index is 553. The molecule has 0 atom stereocenters. The van der Waals surface area contributed by atoms with Gasteiger partial charge in [-0.2, -0.15) is 0 Å². The number of benzene rings is 1. The van der Waals surface area contributed by atoms with Crippen LogP contribution in [0.15, 0.2) is 18.2 Å². The summed E-state index contributed by atoms with van der Waals surface area (Å²) >= 11 is 0. The van der Waals surface area contributed by atoms with Crippen LogP contribution in [0.4, 0.5) is 5.69 Å². The van der Waals surface area contributed by atoms with Gasteiger partial charge in [0.1, 0.15) is 0 Å². The summed E-state index contributed by atoms with van der Waals surface area (Å²) in [4.78, 5) is 2.32. The average molecular weight is 281 g/mol. The predicted molar refractivity (Wildman–Crippen MR) is 78.2 cm³/mol. The molecule has 0 spiro atoms. The molecule has 1 heterocycles. The van der Waals surface area contributed by atoms with E-state index in [2.05, 4.69) is 29.5 Å². The van der Waals surface area contributed by atoms with Crippen LogP contribution >= 0.6 is 0 Å². The lowest BCUT2D eigenvalue weighted by Crippen LogP contribution is -2.21. The van der Waals surface area contributed by atoms with Gasteiger partial charge in [0, 0.05) is 19.6 Å². The van der Waals surface area contributed by atoms with Gasteiger partial charge in [-0.15, -0.1) is 0 Å². The van der Waals surface area contributed by atoms with Crippen molar-refractivity contribution in [2.75, 3.05) is 17.0 Å². The molecule has 0 bridgehead atoms. The Hall–Kier alpha value is -1.07.